The maximum Gasteiger partial charge on any atom is 0.248 e. The van der Waals surface area contributed by atoms with E-state index in [1.807, 2.05) is 115 Å². The number of nitrogens with one attached hydrogen (secondary N) is 2. The quantitative estimate of drug-likeness (QED) is 0.135. The van der Waals surface area contributed by atoms with Gasteiger partial charge in [0.05, 0.1) is 5.69 Å². The van der Waals surface area contributed by atoms with E-state index in [-0.39, 0.29) is 11.8 Å². The molecule has 1 unspecified atom stereocenters. The molecule has 0 aliphatic heterocycles. The maximum atomic E-state index is 13.5. The molecule has 198 valence electrons. The van der Waals surface area contributed by atoms with E-state index in [1.165, 1.54) is 29.2 Å². The minimum Gasteiger partial charge on any atom is -0.322 e. The van der Waals surface area contributed by atoms with Crippen LogP contribution in [0.3, 0.4) is 0 Å². The minimum absolute atomic E-state index is 0.187. The number of halogens is 1. The van der Waals surface area contributed by atoms with Crippen LogP contribution in [0.25, 0.3) is 17.3 Å². The van der Waals surface area contributed by atoms with Crippen molar-refractivity contribution in [2.45, 2.75) is 10.1 Å². The highest BCUT2D eigenvalue weighted by atomic mass is 35.5. The van der Waals surface area contributed by atoms with Crippen LogP contribution in [0.5, 0.6) is 0 Å². The number of amides is 2. The third kappa shape index (κ3) is 7.48. The fourth-order valence-corrected chi connectivity index (χ4v) is 5.79. The van der Waals surface area contributed by atoms with E-state index >= 15 is 0 Å². The standard InChI is InChI=1S/C32H24ClN3O2S2/c33-25-17-15-23(16-18-25)28-21-39-32(35-28)36-31(38)30(24-10-5-2-6-11-24)40-27-13-7-12-26(20-27)34-29(37)19-14-22-8-3-1-4-9-22/h1-21,30H,(H,34,37)(H,35,36,38)/b19-14+. The van der Waals surface area contributed by atoms with Crippen LogP contribution >= 0.6 is 34.7 Å². The van der Waals surface area contributed by atoms with Crippen LogP contribution in [0.15, 0.2) is 126 Å². The zero-order chi connectivity index (χ0) is 27.7. The van der Waals surface area contributed by atoms with Gasteiger partial charge in [0.1, 0.15) is 5.25 Å². The molecule has 0 saturated carbocycles. The van der Waals surface area contributed by atoms with Crippen molar-refractivity contribution in [2.75, 3.05) is 10.6 Å². The van der Waals surface area contributed by atoms with Gasteiger partial charge in [0.2, 0.25) is 11.8 Å². The van der Waals surface area contributed by atoms with Gasteiger partial charge in [0.25, 0.3) is 0 Å². The molecule has 40 heavy (non-hydrogen) atoms. The highest BCUT2D eigenvalue weighted by Crippen LogP contribution is 2.37. The summed E-state index contributed by atoms with van der Waals surface area (Å²) in [7, 11) is 0. The van der Waals surface area contributed by atoms with Gasteiger partial charge in [-0.15, -0.1) is 23.1 Å². The second kappa shape index (κ2) is 13.3. The average molecular weight is 582 g/mol. The SMILES string of the molecule is O=C(/C=C/c1ccccc1)Nc1cccc(SC(C(=O)Nc2nc(-c3ccc(Cl)cc3)cs2)c2ccccc2)c1. The lowest BCUT2D eigenvalue weighted by atomic mass is 10.1. The molecule has 0 fully saturated rings. The lowest BCUT2D eigenvalue weighted by molar-refractivity contribution is -0.116. The van der Waals surface area contributed by atoms with Crippen molar-refractivity contribution in [1.29, 1.82) is 0 Å². The number of thiazole rings is 1. The summed E-state index contributed by atoms with van der Waals surface area (Å²) in [4.78, 5) is 31.5. The molecule has 1 heterocycles. The number of nitrogens with zero attached hydrogens (tertiary/aromatic N) is 1. The molecule has 1 atom stereocenters. The number of anilines is 2. The third-order valence-corrected chi connectivity index (χ3v) is 8.05. The zero-order valence-electron chi connectivity index (χ0n) is 21.2. The van der Waals surface area contributed by atoms with Gasteiger partial charge >= 0.3 is 0 Å². The third-order valence-electron chi connectivity index (χ3n) is 5.80. The summed E-state index contributed by atoms with van der Waals surface area (Å²) < 4.78 is 0. The molecule has 1 aromatic heterocycles. The van der Waals surface area contributed by atoms with Crippen LogP contribution in [0.1, 0.15) is 16.4 Å². The molecule has 0 spiro atoms. The fourth-order valence-electron chi connectivity index (χ4n) is 3.86. The first-order valence-electron chi connectivity index (χ1n) is 12.4. The van der Waals surface area contributed by atoms with Crippen molar-refractivity contribution >= 4 is 63.4 Å². The predicted octanol–water partition coefficient (Wildman–Crippen LogP) is 8.59. The van der Waals surface area contributed by atoms with Crippen molar-refractivity contribution in [3.05, 3.63) is 137 Å². The predicted molar refractivity (Wildman–Crippen MR) is 167 cm³/mol. The Bertz CT molecular complexity index is 1620. The first kappa shape index (κ1) is 27.4. The van der Waals surface area contributed by atoms with Crippen molar-refractivity contribution in [3.63, 3.8) is 0 Å². The summed E-state index contributed by atoms with van der Waals surface area (Å²) >= 11 is 8.78. The first-order chi connectivity index (χ1) is 19.5. The summed E-state index contributed by atoms with van der Waals surface area (Å²) in [5, 5.41) is 8.43. The lowest BCUT2D eigenvalue weighted by Crippen LogP contribution is -2.19. The van der Waals surface area contributed by atoms with Crippen LogP contribution in [0, 0.1) is 0 Å². The number of thioether (sulfide) groups is 1. The van der Waals surface area contributed by atoms with Gasteiger partial charge in [-0.2, -0.15) is 0 Å². The number of benzene rings is 4. The largest absolute Gasteiger partial charge is 0.322 e. The van der Waals surface area contributed by atoms with E-state index in [2.05, 4.69) is 15.6 Å². The van der Waals surface area contributed by atoms with Gasteiger partial charge in [-0.05, 0) is 47.5 Å². The van der Waals surface area contributed by atoms with Crippen LogP contribution in [0.2, 0.25) is 5.02 Å². The summed E-state index contributed by atoms with van der Waals surface area (Å²) in [5.74, 6) is -0.419. The first-order valence-corrected chi connectivity index (χ1v) is 14.6. The molecule has 0 aliphatic rings. The van der Waals surface area contributed by atoms with E-state index in [9.17, 15) is 9.59 Å². The van der Waals surface area contributed by atoms with Crippen molar-refractivity contribution < 1.29 is 9.59 Å². The van der Waals surface area contributed by atoms with Crippen LogP contribution in [-0.4, -0.2) is 16.8 Å². The maximum absolute atomic E-state index is 13.5. The van der Waals surface area contributed by atoms with Gasteiger partial charge in [-0.1, -0.05) is 90.5 Å². The Morgan fingerprint density at radius 3 is 2.33 bits per heavy atom. The number of rotatable bonds is 9. The Morgan fingerprint density at radius 1 is 0.850 bits per heavy atom. The second-order valence-corrected chi connectivity index (χ2v) is 11.2. The molecule has 0 radical (unpaired) electrons. The van der Waals surface area contributed by atoms with Crippen LogP contribution in [0.4, 0.5) is 10.8 Å². The van der Waals surface area contributed by atoms with Gasteiger partial charge in [-0.3, -0.25) is 9.59 Å². The smallest absolute Gasteiger partial charge is 0.248 e. The highest BCUT2D eigenvalue weighted by molar-refractivity contribution is 8.00. The van der Waals surface area contributed by atoms with Crippen LogP contribution < -0.4 is 10.6 Å². The average Bonchev–Trinajstić information content (AvgIpc) is 3.44. The lowest BCUT2D eigenvalue weighted by Gasteiger charge is -2.17. The topological polar surface area (TPSA) is 71.1 Å². The van der Waals surface area contributed by atoms with Crippen molar-refractivity contribution in [2.24, 2.45) is 0 Å². The summed E-state index contributed by atoms with van der Waals surface area (Å²) in [5.41, 5.74) is 4.14. The Hall–Kier alpha value is -4.17. The second-order valence-electron chi connectivity index (χ2n) is 8.70. The van der Waals surface area contributed by atoms with E-state index in [4.69, 9.17) is 11.6 Å². The molecule has 0 bridgehead atoms. The van der Waals surface area contributed by atoms with Gasteiger partial charge in [0.15, 0.2) is 5.13 Å². The molecule has 5 rings (SSSR count). The normalized spacial score (nSPS) is 11.7. The van der Waals surface area contributed by atoms with Crippen molar-refractivity contribution in [3.8, 4) is 11.3 Å². The number of aromatic nitrogens is 1. The number of hydrogen-bond acceptors (Lipinski definition) is 5. The van der Waals surface area contributed by atoms with Crippen LogP contribution in [-0.2, 0) is 9.59 Å². The highest BCUT2D eigenvalue weighted by Gasteiger charge is 2.23. The minimum atomic E-state index is -0.534. The van der Waals surface area contributed by atoms with E-state index in [0.29, 0.717) is 15.8 Å². The molecule has 0 saturated heterocycles. The zero-order valence-corrected chi connectivity index (χ0v) is 23.5. The molecule has 5 aromatic rings. The summed E-state index contributed by atoms with van der Waals surface area (Å²) in [6.07, 6.45) is 3.27. The number of hydrogen-bond donors (Lipinski definition) is 2. The Kier molecular flexibility index (Phi) is 9.08. The molecule has 5 nitrogen and oxygen atoms in total. The molecule has 2 amide bonds. The fraction of sp³-hybridized carbons (Fsp3) is 0.0312. The van der Waals surface area contributed by atoms with E-state index in [1.54, 1.807) is 6.08 Å². The Morgan fingerprint density at radius 2 is 1.57 bits per heavy atom. The Balaban J connectivity index is 1.30. The monoisotopic (exact) mass is 581 g/mol. The van der Waals surface area contributed by atoms with Gasteiger partial charge < -0.3 is 10.6 Å². The molecular formula is C32H24ClN3O2S2. The molecular weight excluding hydrogens is 558 g/mol. The Labute approximate surface area is 246 Å². The molecule has 8 heteroatoms. The summed E-state index contributed by atoms with van der Waals surface area (Å²) in [6.45, 7) is 0. The molecule has 4 aromatic carbocycles. The number of carbonyl (C=O) groups excluding carboxylic acids is 2. The molecule has 2 N–H and O–H groups in total. The van der Waals surface area contributed by atoms with Gasteiger partial charge in [0, 0.05) is 32.6 Å². The van der Waals surface area contributed by atoms with Gasteiger partial charge in [-0.25, -0.2) is 4.98 Å². The molecule has 0 aliphatic carbocycles. The number of carbonyl (C=O) groups is 2. The van der Waals surface area contributed by atoms with E-state index in [0.717, 1.165) is 27.3 Å². The summed E-state index contributed by atoms with van der Waals surface area (Å²) in [6, 6.07) is 34.1. The van der Waals surface area contributed by atoms with E-state index < -0.39 is 5.25 Å². The van der Waals surface area contributed by atoms with Crippen molar-refractivity contribution in [1.82, 2.24) is 4.98 Å².